The summed E-state index contributed by atoms with van der Waals surface area (Å²) in [5.74, 6) is 6.60. The molecule has 0 spiro atoms. The van der Waals surface area contributed by atoms with Gasteiger partial charge in [0.05, 0.1) is 0 Å². The standard InChI is InChI=1S/C23H41NS/c1-22-14-5-4-7-17(22)9-11-19-20-12-10-18(8-6-16-25-24-3)23(20,2)15-13-21(19)22/h17-21,24H,4-16H2,1-3H3. The highest BCUT2D eigenvalue weighted by molar-refractivity contribution is 7.97. The Hall–Kier alpha value is 0.310. The number of nitrogens with one attached hydrogen (secondary N) is 1. The molecule has 0 aromatic carbocycles. The van der Waals surface area contributed by atoms with E-state index >= 15 is 0 Å². The molecule has 0 aliphatic heterocycles. The SMILES string of the molecule is CNSCCCC1CCC2C3CCC4CCCCC4(C)C3CCC12C. The van der Waals surface area contributed by atoms with Crippen LogP contribution in [0, 0.1) is 40.4 Å². The van der Waals surface area contributed by atoms with Crippen molar-refractivity contribution in [2.75, 3.05) is 12.8 Å². The third-order valence-corrected chi connectivity index (χ3v) is 10.5. The van der Waals surface area contributed by atoms with Gasteiger partial charge < -0.3 is 0 Å². The van der Waals surface area contributed by atoms with Crippen LogP contribution in [0.2, 0.25) is 0 Å². The lowest BCUT2D eigenvalue weighted by Crippen LogP contribution is -2.52. The van der Waals surface area contributed by atoms with Gasteiger partial charge >= 0.3 is 0 Å². The predicted octanol–water partition coefficient (Wildman–Crippen LogP) is 6.68. The van der Waals surface area contributed by atoms with E-state index in [2.05, 4.69) is 25.6 Å². The largest absolute Gasteiger partial charge is 0.267 e. The molecule has 1 nitrogen and oxygen atoms in total. The van der Waals surface area contributed by atoms with Gasteiger partial charge in [0.2, 0.25) is 0 Å². The van der Waals surface area contributed by atoms with Crippen LogP contribution in [0.15, 0.2) is 0 Å². The molecule has 0 radical (unpaired) electrons. The zero-order valence-electron chi connectivity index (χ0n) is 17.0. The Morgan fingerprint density at radius 1 is 0.880 bits per heavy atom. The number of hydrogen-bond acceptors (Lipinski definition) is 2. The Labute approximate surface area is 161 Å². The van der Waals surface area contributed by atoms with E-state index in [1.807, 2.05) is 11.9 Å². The maximum Gasteiger partial charge on any atom is 0.00786 e. The van der Waals surface area contributed by atoms with Crippen LogP contribution in [-0.2, 0) is 0 Å². The maximum atomic E-state index is 3.24. The van der Waals surface area contributed by atoms with Crippen LogP contribution >= 0.6 is 11.9 Å². The molecule has 4 rings (SSSR count). The van der Waals surface area contributed by atoms with Gasteiger partial charge in [-0.15, -0.1) is 0 Å². The molecule has 0 aromatic rings. The molecule has 4 aliphatic rings. The van der Waals surface area contributed by atoms with Crippen molar-refractivity contribution in [2.24, 2.45) is 40.4 Å². The van der Waals surface area contributed by atoms with Gasteiger partial charge in [0.1, 0.15) is 0 Å². The number of hydrogen-bond donors (Lipinski definition) is 1. The molecule has 0 saturated heterocycles. The molecular weight excluding hydrogens is 322 g/mol. The van der Waals surface area contributed by atoms with Crippen molar-refractivity contribution >= 4 is 11.9 Å². The highest BCUT2D eigenvalue weighted by Crippen LogP contribution is 2.67. The number of rotatable bonds is 5. The molecule has 2 heteroatoms. The van der Waals surface area contributed by atoms with E-state index in [1.165, 1.54) is 37.9 Å². The van der Waals surface area contributed by atoms with Crippen LogP contribution in [0.25, 0.3) is 0 Å². The minimum absolute atomic E-state index is 0.684. The van der Waals surface area contributed by atoms with Crippen molar-refractivity contribution < 1.29 is 0 Å². The second-order valence-electron chi connectivity index (χ2n) is 10.4. The molecule has 25 heavy (non-hydrogen) atoms. The van der Waals surface area contributed by atoms with Crippen LogP contribution in [0.1, 0.15) is 90.9 Å². The molecule has 0 heterocycles. The molecule has 4 saturated carbocycles. The summed E-state index contributed by atoms with van der Waals surface area (Å²) in [7, 11) is 2.06. The van der Waals surface area contributed by atoms with Crippen LogP contribution in [-0.4, -0.2) is 12.8 Å². The molecule has 144 valence electrons. The summed E-state index contributed by atoms with van der Waals surface area (Å²) in [5.41, 5.74) is 1.40. The first kappa shape index (κ1) is 18.7. The minimum atomic E-state index is 0.684. The summed E-state index contributed by atoms with van der Waals surface area (Å²) in [6.07, 6.45) is 18.4. The number of fused-ring (bicyclic) bond motifs is 5. The molecule has 4 aliphatic carbocycles. The Morgan fingerprint density at radius 3 is 2.56 bits per heavy atom. The molecular formula is C23H41NS. The molecule has 7 atom stereocenters. The average Bonchev–Trinajstić information content (AvgIpc) is 2.95. The minimum Gasteiger partial charge on any atom is -0.267 e. The highest BCUT2D eigenvalue weighted by Gasteiger charge is 2.59. The van der Waals surface area contributed by atoms with E-state index in [-0.39, 0.29) is 0 Å². The fraction of sp³-hybridized carbons (Fsp3) is 1.00. The van der Waals surface area contributed by atoms with Gasteiger partial charge in [-0.1, -0.05) is 38.6 Å². The zero-order valence-corrected chi connectivity index (χ0v) is 17.8. The quantitative estimate of drug-likeness (QED) is 0.432. The molecule has 7 unspecified atom stereocenters. The highest BCUT2D eigenvalue weighted by atomic mass is 32.2. The summed E-state index contributed by atoms with van der Waals surface area (Å²) in [6, 6.07) is 0. The first-order valence-corrected chi connectivity index (χ1v) is 12.4. The summed E-state index contributed by atoms with van der Waals surface area (Å²) < 4.78 is 3.24. The Kier molecular flexibility index (Phi) is 5.51. The summed E-state index contributed by atoms with van der Waals surface area (Å²) >= 11 is 1.90. The smallest absolute Gasteiger partial charge is 0.00786 e. The van der Waals surface area contributed by atoms with E-state index < -0.39 is 0 Å². The second kappa shape index (κ2) is 7.38. The van der Waals surface area contributed by atoms with Crippen LogP contribution in [0.5, 0.6) is 0 Å². The Balaban J connectivity index is 1.46. The summed E-state index contributed by atoms with van der Waals surface area (Å²) in [5, 5.41) is 0. The van der Waals surface area contributed by atoms with E-state index in [4.69, 9.17) is 0 Å². The normalized spacial score (nSPS) is 49.3. The zero-order chi connectivity index (χ0) is 17.5. The van der Waals surface area contributed by atoms with Crippen molar-refractivity contribution in [3.63, 3.8) is 0 Å². The third kappa shape index (κ3) is 3.12. The van der Waals surface area contributed by atoms with Crippen molar-refractivity contribution in [1.82, 2.24) is 4.72 Å². The van der Waals surface area contributed by atoms with Gasteiger partial charge in [0.25, 0.3) is 0 Å². The molecule has 4 fully saturated rings. The average molecular weight is 364 g/mol. The van der Waals surface area contributed by atoms with Gasteiger partial charge in [0, 0.05) is 5.75 Å². The van der Waals surface area contributed by atoms with Crippen molar-refractivity contribution in [3.05, 3.63) is 0 Å². The molecule has 1 N–H and O–H groups in total. The molecule has 0 bridgehead atoms. The summed E-state index contributed by atoms with van der Waals surface area (Å²) in [6.45, 7) is 5.43. The van der Waals surface area contributed by atoms with Gasteiger partial charge in [0.15, 0.2) is 0 Å². The van der Waals surface area contributed by atoms with Crippen molar-refractivity contribution in [1.29, 1.82) is 0 Å². The van der Waals surface area contributed by atoms with Gasteiger partial charge in [-0.05, 0) is 112 Å². The Morgan fingerprint density at radius 2 is 1.72 bits per heavy atom. The van der Waals surface area contributed by atoms with E-state index in [1.54, 1.807) is 44.9 Å². The van der Waals surface area contributed by atoms with Crippen LogP contribution in [0.3, 0.4) is 0 Å². The van der Waals surface area contributed by atoms with E-state index in [0.29, 0.717) is 10.8 Å². The van der Waals surface area contributed by atoms with E-state index in [9.17, 15) is 0 Å². The van der Waals surface area contributed by atoms with E-state index in [0.717, 1.165) is 29.6 Å². The summed E-state index contributed by atoms with van der Waals surface area (Å²) in [4.78, 5) is 0. The monoisotopic (exact) mass is 363 g/mol. The lowest BCUT2D eigenvalue weighted by Gasteiger charge is -2.60. The molecule has 0 amide bonds. The fourth-order valence-electron chi connectivity index (χ4n) is 8.38. The van der Waals surface area contributed by atoms with Crippen LogP contribution in [0.4, 0.5) is 0 Å². The first-order chi connectivity index (χ1) is 12.1. The topological polar surface area (TPSA) is 12.0 Å². The predicted molar refractivity (Wildman–Crippen MR) is 111 cm³/mol. The molecule has 0 aromatic heterocycles. The van der Waals surface area contributed by atoms with Crippen LogP contribution < -0.4 is 4.72 Å². The first-order valence-electron chi connectivity index (χ1n) is 11.4. The maximum absolute atomic E-state index is 3.24. The van der Waals surface area contributed by atoms with Gasteiger partial charge in [-0.3, -0.25) is 4.72 Å². The lowest BCUT2D eigenvalue weighted by molar-refractivity contribution is -0.111. The van der Waals surface area contributed by atoms with Gasteiger partial charge in [-0.2, -0.15) is 0 Å². The lowest BCUT2D eigenvalue weighted by atomic mass is 9.45. The van der Waals surface area contributed by atoms with Crippen molar-refractivity contribution in [2.45, 2.75) is 90.9 Å². The van der Waals surface area contributed by atoms with Gasteiger partial charge in [-0.25, -0.2) is 0 Å². The Bertz CT molecular complexity index is 465. The fourth-order valence-corrected chi connectivity index (χ4v) is 8.90. The van der Waals surface area contributed by atoms with Crippen molar-refractivity contribution in [3.8, 4) is 0 Å². The third-order valence-electron chi connectivity index (χ3n) is 9.72. The second-order valence-corrected chi connectivity index (χ2v) is 11.5.